The van der Waals surface area contributed by atoms with Crippen LogP contribution in [0.4, 0.5) is 17.3 Å². The number of hydrogen-bond acceptors (Lipinski definition) is 7. The molecule has 4 heterocycles. The van der Waals surface area contributed by atoms with Crippen LogP contribution in [-0.2, 0) is 17.7 Å². The fourth-order valence-electron chi connectivity index (χ4n) is 3.64. The van der Waals surface area contributed by atoms with E-state index in [1.807, 2.05) is 6.07 Å². The van der Waals surface area contributed by atoms with E-state index in [0.29, 0.717) is 5.95 Å². The van der Waals surface area contributed by atoms with Crippen LogP contribution in [0.1, 0.15) is 11.3 Å². The molecule has 2 N–H and O–H groups in total. The van der Waals surface area contributed by atoms with Gasteiger partial charge in [0.05, 0.1) is 13.2 Å². The molecule has 0 atom stereocenters. The van der Waals surface area contributed by atoms with Gasteiger partial charge >= 0.3 is 0 Å². The predicted octanol–water partition coefficient (Wildman–Crippen LogP) is 2.96. The minimum absolute atomic E-state index is 0.559. The molecule has 1 saturated heterocycles. The van der Waals surface area contributed by atoms with E-state index in [1.54, 1.807) is 6.20 Å². The van der Waals surface area contributed by atoms with Crippen LogP contribution < -0.4 is 15.5 Å². The van der Waals surface area contributed by atoms with Gasteiger partial charge in [0, 0.05) is 55.7 Å². The van der Waals surface area contributed by atoms with E-state index in [4.69, 9.17) is 9.15 Å². The standard InChI is InChI=1S/C21H23N5O2/c1-3-17(26-9-11-27-12-10-26)4-2-16(1)24-21-23-8-5-18(25-21)20-13-15-14-22-7-6-19(15)28-20/h1-5,8,13,22H,6-7,9-12,14H2,(H,23,24,25). The first-order valence-electron chi connectivity index (χ1n) is 9.71. The zero-order valence-electron chi connectivity index (χ0n) is 15.6. The normalized spacial score (nSPS) is 16.6. The Bertz CT molecular complexity index is 924. The van der Waals surface area contributed by atoms with Crippen molar-refractivity contribution < 1.29 is 9.15 Å². The van der Waals surface area contributed by atoms with Crippen molar-refractivity contribution in [1.82, 2.24) is 15.3 Å². The number of nitrogens with one attached hydrogen (secondary N) is 2. The van der Waals surface area contributed by atoms with Gasteiger partial charge in [-0.2, -0.15) is 0 Å². The molecule has 28 heavy (non-hydrogen) atoms. The van der Waals surface area contributed by atoms with Crippen LogP contribution in [0.3, 0.4) is 0 Å². The second-order valence-corrected chi connectivity index (χ2v) is 7.02. The lowest BCUT2D eigenvalue weighted by Gasteiger charge is -2.28. The number of anilines is 3. The van der Waals surface area contributed by atoms with E-state index in [1.165, 1.54) is 11.3 Å². The Hall–Kier alpha value is -2.90. The molecule has 2 aliphatic rings. The summed E-state index contributed by atoms with van der Waals surface area (Å²) in [7, 11) is 0. The van der Waals surface area contributed by atoms with E-state index < -0.39 is 0 Å². The van der Waals surface area contributed by atoms with Gasteiger partial charge in [-0.1, -0.05) is 0 Å². The zero-order valence-corrected chi connectivity index (χ0v) is 15.6. The molecule has 7 heteroatoms. The highest BCUT2D eigenvalue weighted by atomic mass is 16.5. The number of fused-ring (bicyclic) bond motifs is 1. The van der Waals surface area contributed by atoms with Gasteiger partial charge in [0.1, 0.15) is 11.5 Å². The van der Waals surface area contributed by atoms with Crippen molar-refractivity contribution in [1.29, 1.82) is 0 Å². The molecule has 144 valence electrons. The fourth-order valence-corrected chi connectivity index (χ4v) is 3.64. The Kier molecular flexibility index (Phi) is 4.68. The summed E-state index contributed by atoms with van der Waals surface area (Å²) in [5.74, 6) is 2.41. The van der Waals surface area contributed by atoms with Crippen LogP contribution in [0.15, 0.2) is 47.0 Å². The van der Waals surface area contributed by atoms with Crippen LogP contribution in [0.5, 0.6) is 0 Å². The molecule has 0 saturated carbocycles. The van der Waals surface area contributed by atoms with Gasteiger partial charge in [-0.25, -0.2) is 9.97 Å². The third-order valence-corrected chi connectivity index (χ3v) is 5.15. The first-order chi connectivity index (χ1) is 13.8. The number of aromatic nitrogens is 2. The zero-order chi connectivity index (χ0) is 18.8. The first-order valence-corrected chi connectivity index (χ1v) is 9.71. The van der Waals surface area contributed by atoms with Gasteiger partial charge in [-0.3, -0.25) is 0 Å². The molecule has 1 fully saturated rings. The van der Waals surface area contributed by atoms with E-state index in [2.05, 4.69) is 55.8 Å². The third kappa shape index (κ3) is 3.58. The second kappa shape index (κ2) is 7.61. The van der Waals surface area contributed by atoms with Gasteiger partial charge in [0.25, 0.3) is 0 Å². The first kappa shape index (κ1) is 17.2. The molecule has 0 radical (unpaired) electrons. The number of furan rings is 1. The number of nitrogens with zero attached hydrogens (tertiary/aromatic N) is 3. The molecule has 5 rings (SSSR count). The lowest BCUT2D eigenvalue weighted by Crippen LogP contribution is -2.36. The molecular weight excluding hydrogens is 354 g/mol. The average molecular weight is 377 g/mol. The Morgan fingerprint density at radius 3 is 2.75 bits per heavy atom. The summed E-state index contributed by atoms with van der Waals surface area (Å²) in [6.45, 7) is 5.24. The molecule has 0 bridgehead atoms. The maximum Gasteiger partial charge on any atom is 0.227 e. The predicted molar refractivity (Wildman–Crippen MR) is 108 cm³/mol. The highest BCUT2D eigenvalue weighted by molar-refractivity contribution is 5.61. The fraction of sp³-hybridized carbons (Fsp3) is 0.333. The van der Waals surface area contributed by atoms with Crippen molar-refractivity contribution in [3.8, 4) is 11.5 Å². The third-order valence-electron chi connectivity index (χ3n) is 5.15. The average Bonchev–Trinajstić information content (AvgIpc) is 3.20. The van der Waals surface area contributed by atoms with Gasteiger partial charge in [-0.05, 0) is 36.4 Å². The molecule has 0 amide bonds. The molecular formula is C21H23N5O2. The molecule has 7 nitrogen and oxygen atoms in total. The van der Waals surface area contributed by atoms with Crippen LogP contribution in [0, 0.1) is 0 Å². The van der Waals surface area contributed by atoms with Crippen molar-refractivity contribution in [2.24, 2.45) is 0 Å². The number of rotatable bonds is 4. The van der Waals surface area contributed by atoms with Crippen molar-refractivity contribution >= 4 is 17.3 Å². The molecule has 1 aromatic carbocycles. The van der Waals surface area contributed by atoms with Gasteiger partial charge < -0.3 is 24.7 Å². The van der Waals surface area contributed by atoms with Crippen LogP contribution in [-0.4, -0.2) is 42.8 Å². The minimum atomic E-state index is 0.559. The Balaban J connectivity index is 1.32. The summed E-state index contributed by atoms with van der Waals surface area (Å²) in [6, 6.07) is 12.3. The van der Waals surface area contributed by atoms with Crippen LogP contribution in [0.25, 0.3) is 11.5 Å². The van der Waals surface area contributed by atoms with E-state index >= 15 is 0 Å². The molecule has 3 aromatic rings. The smallest absolute Gasteiger partial charge is 0.227 e. The number of ether oxygens (including phenoxy) is 1. The Labute approximate surface area is 163 Å². The maximum absolute atomic E-state index is 6.01. The maximum atomic E-state index is 6.01. The summed E-state index contributed by atoms with van der Waals surface area (Å²) < 4.78 is 11.4. The largest absolute Gasteiger partial charge is 0.459 e. The van der Waals surface area contributed by atoms with E-state index in [9.17, 15) is 0 Å². The topological polar surface area (TPSA) is 75.5 Å². The summed E-state index contributed by atoms with van der Waals surface area (Å²) >= 11 is 0. The molecule has 0 aliphatic carbocycles. The van der Waals surface area contributed by atoms with Gasteiger partial charge in [0.15, 0.2) is 5.76 Å². The quantitative estimate of drug-likeness (QED) is 0.724. The summed E-state index contributed by atoms with van der Waals surface area (Å²) in [4.78, 5) is 11.3. The van der Waals surface area contributed by atoms with Crippen molar-refractivity contribution in [2.75, 3.05) is 43.1 Å². The summed E-state index contributed by atoms with van der Waals surface area (Å²) in [6.07, 6.45) is 2.67. The van der Waals surface area contributed by atoms with E-state index in [0.717, 1.165) is 68.7 Å². The van der Waals surface area contributed by atoms with Gasteiger partial charge in [0.2, 0.25) is 5.95 Å². The Morgan fingerprint density at radius 1 is 1.07 bits per heavy atom. The number of hydrogen-bond donors (Lipinski definition) is 2. The SMILES string of the molecule is c1cc(-c2cc3c(o2)CCNC3)nc(Nc2ccc(N3CCOCC3)cc2)n1. The number of benzene rings is 1. The van der Waals surface area contributed by atoms with Crippen molar-refractivity contribution in [3.63, 3.8) is 0 Å². The van der Waals surface area contributed by atoms with Crippen molar-refractivity contribution in [2.45, 2.75) is 13.0 Å². The van der Waals surface area contributed by atoms with Crippen molar-refractivity contribution in [3.05, 3.63) is 53.9 Å². The summed E-state index contributed by atoms with van der Waals surface area (Å²) in [5.41, 5.74) is 4.17. The lowest BCUT2D eigenvalue weighted by atomic mass is 10.1. The molecule has 0 unspecified atom stereocenters. The second-order valence-electron chi connectivity index (χ2n) is 7.02. The lowest BCUT2D eigenvalue weighted by molar-refractivity contribution is 0.122. The highest BCUT2D eigenvalue weighted by Gasteiger charge is 2.17. The van der Waals surface area contributed by atoms with Crippen LogP contribution >= 0.6 is 0 Å². The Morgan fingerprint density at radius 2 is 1.93 bits per heavy atom. The van der Waals surface area contributed by atoms with Crippen LogP contribution in [0.2, 0.25) is 0 Å². The molecule has 2 aliphatic heterocycles. The minimum Gasteiger partial charge on any atom is -0.459 e. The van der Waals surface area contributed by atoms with E-state index in [-0.39, 0.29) is 0 Å². The summed E-state index contributed by atoms with van der Waals surface area (Å²) in [5, 5.41) is 6.65. The number of morpholine rings is 1. The monoisotopic (exact) mass is 377 g/mol. The molecule has 2 aromatic heterocycles. The highest BCUT2D eigenvalue weighted by Crippen LogP contribution is 2.27. The molecule has 0 spiro atoms. The van der Waals surface area contributed by atoms with Gasteiger partial charge in [-0.15, -0.1) is 0 Å².